The fourth-order valence-corrected chi connectivity index (χ4v) is 5.24. The summed E-state index contributed by atoms with van der Waals surface area (Å²) in [6.07, 6.45) is 0.438. The third-order valence-electron chi connectivity index (χ3n) is 6.36. The molecule has 0 radical (unpaired) electrons. The SMILES string of the molecule is O=C1Nc2ccccc2C12NC(Cc1ccccc1)C([N+](=O)[O-])C2c1ccc(Cl)cc1. The van der Waals surface area contributed by atoms with Crippen LogP contribution in [0.2, 0.25) is 5.02 Å². The fraction of sp³-hybridized carbons (Fsp3) is 0.208. The Morgan fingerprint density at radius 3 is 2.35 bits per heavy atom. The maximum atomic E-state index is 13.4. The molecule has 6 nitrogen and oxygen atoms in total. The zero-order chi connectivity index (χ0) is 21.6. The average Bonchev–Trinajstić information content (AvgIpc) is 3.25. The topological polar surface area (TPSA) is 84.3 Å². The lowest BCUT2D eigenvalue weighted by Gasteiger charge is -2.29. The number of rotatable bonds is 4. The molecule has 1 spiro atoms. The number of nitrogens with zero attached hydrogens (tertiary/aromatic N) is 1. The van der Waals surface area contributed by atoms with E-state index in [1.54, 1.807) is 24.3 Å². The van der Waals surface area contributed by atoms with Gasteiger partial charge < -0.3 is 5.32 Å². The molecule has 2 aliphatic heterocycles. The van der Waals surface area contributed by atoms with Crippen LogP contribution in [0.1, 0.15) is 22.6 Å². The molecular formula is C24H20ClN3O3. The van der Waals surface area contributed by atoms with Crippen molar-refractivity contribution >= 4 is 23.2 Å². The maximum absolute atomic E-state index is 13.4. The first kappa shape index (κ1) is 19.7. The van der Waals surface area contributed by atoms with Gasteiger partial charge in [0.2, 0.25) is 11.9 Å². The average molecular weight is 434 g/mol. The van der Waals surface area contributed by atoms with E-state index in [0.717, 1.165) is 11.1 Å². The number of amides is 1. The lowest BCUT2D eigenvalue weighted by atomic mass is 9.74. The lowest BCUT2D eigenvalue weighted by Crippen LogP contribution is -2.49. The summed E-state index contributed by atoms with van der Waals surface area (Å²) in [6.45, 7) is 0. The molecule has 5 rings (SSSR count). The number of benzene rings is 3. The molecule has 1 amide bonds. The molecule has 31 heavy (non-hydrogen) atoms. The normalized spacial score (nSPS) is 26.6. The van der Waals surface area contributed by atoms with Crippen molar-refractivity contribution in [2.75, 3.05) is 5.32 Å². The standard InChI is InChI=1S/C24H20ClN3O3/c25-17-12-10-16(11-13-17)21-22(28(30)31)20(14-15-6-2-1-3-7-15)27-24(21)18-8-4-5-9-19(18)26-23(24)29/h1-13,20-22,27H,14H2,(H,26,29). The van der Waals surface area contributed by atoms with Crippen LogP contribution in [-0.2, 0) is 16.8 Å². The molecule has 1 fully saturated rings. The Morgan fingerprint density at radius 2 is 1.65 bits per heavy atom. The third kappa shape index (κ3) is 3.10. The van der Waals surface area contributed by atoms with Gasteiger partial charge in [-0.2, -0.15) is 0 Å². The van der Waals surface area contributed by atoms with E-state index in [0.29, 0.717) is 22.7 Å². The third-order valence-corrected chi connectivity index (χ3v) is 6.61. The van der Waals surface area contributed by atoms with Crippen LogP contribution in [0, 0.1) is 10.1 Å². The summed E-state index contributed by atoms with van der Waals surface area (Å²) in [5.41, 5.74) is 1.87. The van der Waals surface area contributed by atoms with Crippen molar-refractivity contribution in [1.29, 1.82) is 0 Å². The number of anilines is 1. The van der Waals surface area contributed by atoms with Gasteiger partial charge in [0.25, 0.3) is 0 Å². The highest BCUT2D eigenvalue weighted by Crippen LogP contribution is 2.52. The molecule has 4 unspecified atom stereocenters. The van der Waals surface area contributed by atoms with Gasteiger partial charge in [-0.15, -0.1) is 0 Å². The van der Waals surface area contributed by atoms with Crippen LogP contribution in [0.25, 0.3) is 0 Å². The first-order valence-electron chi connectivity index (χ1n) is 10.1. The highest BCUT2D eigenvalue weighted by Gasteiger charge is 2.66. The van der Waals surface area contributed by atoms with Crippen molar-refractivity contribution in [3.8, 4) is 0 Å². The first-order chi connectivity index (χ1) is 15.0. The van der Waals surface area contributed by atoms with E-state index in [-0.39, 0.29) is 10.8 Å². The largest absolute Gasteiger partial charge is 0.324 e. The molecule has 1 saturated heterocycles. The number of hydrogen-bond donors (Lipinski definition) is 2. The van der Waals surface area contributed by atoms with Gasteiger partial charge in [-0.05, 0) is 35.7 Å². The van der Waals surface area contributed by atoms with Crippen LogP contribution in [0.4, 0.5) is 5.69 Å². The Morgan fingerprint density at radius 1 is 0.968 bits per heavy atom. The lowest BCUT2D eigenvalue weighted by molar-refractivity contribution is -0.526. The molecule has 3 aromatic rings. The molecule has 3 aromatic carbocycles. The molecule has 4 atom stereocenters. The van der Waals surface area contributed by atoms with E-state index in [2.05, 4.69) is 10.6 Å². The second kappa shape index (κ2) is 7.48. The van der Waals surface area contributed by atoms with Crippen LogP contribution in [0.3, 0.4) is 0 Å². The molecule has 2 heterocycles. The number of fused-ring (bicyclic) bond motifs is 2. The fourth-order valence-electron chi connectivity index (χ4n) is 5.11. The van der Waals surface area contributed by atoms with Gasteiger partial charge in [0, 0.05) is 21.2 Å². The molecule has 0 aliphatic carbocycles. The van der Waals surface area contributed by atoms with Crippen LogP contribution >= 0.6 is 11.6 Å². The van der Waals surface area contributed by atoms with E-state index in [4.69, 9.17) is 11.6 Å². The minimum absolute atomic E-state index is 0.247. The van der Waals surface area contributed by atoms with E-state index >= 15 is 0 Å². The number of halogens is 1. The molecule has 2 aliphatic rings. The predicted molar refractivity (Wildman–Crippen MR) is 119 cm³/mol. The number of nitrogens with one attached hydrogen (secondary N) is 2. The van der Waals surface area contributed by atoms with Crippen LogP contribution in [0.15, 0.2) is 78.9 Å². The van der Waals surface area contributed by atoms with E-state index in [1.165, 1.54) is 0 Å². The molecule has 2 N–H and O–H groups in total. The minimum atomic E-state index is -1.23. The van der Waals surface area contributed by atoms with Crippen molar-refractivity contribution in [2.45, 2.75) is 30.0 Å². The predicted octanol–water partition coefficient (Wildman–Crippen LogP) is 4.13. The minimum Gasteiger partial charge on any atom is -0.324 e. The summed E-state index contributed by atoms with van der Waals surface area (Å²) in [7, 11) is 0. The van der Waals surface area contributed by atoms with Gasteiger partial charge in [0.1, 0.15) is 5.54 Å². The number of nitro groups is 1. The van der Waals surface area contributed by atoms with Gasteiger partial charge in [-0.25, -0.2) is 0 Å². The van der Waals surface area contributed by atoms with Gasteiger partial charge >= 0.3 is 0 Å². The zero-order valence-electron chi connectivity index (χ0n) is 16.5. The molecule has 7 heteroatoms. The monoisotopic (exact) mass is 433 g/mol. The molecule has 0 aromatic heterocycles. The number of carbonyl (C=O) groups is 1. The van der Waals surface area contributed by atoms with Crippen molar-refractivity contribution < 1.29 is 9.72 Å². The highest BCUT2D eigenvalue weighted by atomic mass is 35.5. The summed E-state index contributed by atoms with van der Waals surface area (Å²) in [6, 6.07) is 22.5. The smallest absolute Gasteiger partial charge is 0.250 e. The Kier molecular flexibility index (Phi) is 4.76. The van der Waals surface area contributed by atoms with Crippen LogP contribution in [0.5, 0.6) is 0 Å². The summed E-state index contributed by atoms with van der Waals surface area (Å²) in [5.74, 6) is -0.965. The highest BCUT2D eigenvalue weighted by molar-refractivity contribution is 6.30. The van der Waals surface area contributed by atoms with Gasteiger partial charge in [-0.3, -0.25) is 20.2 Å². The second-order valence-electron chi connectivity index (χ2n) is 8.05. The summed E-state index contributed by atoms with van der Waals surface area (Å²) in [5, 5.41) is 19.3. The van der Waals surface area contributed by atoms with Crippen molar-refractivity contribution in [3.05, 3.63) is 111 Å². The van der Waals surface area contributed by atoms with Crippen LogP contribution in [-0.4, -0.2) is 22.9 Å². The molecule has 0 bridgehead atoms. The van der Waals surface area contributed by atoms with Crippen molar-refractivity contribution in [2.24, 2.45) is 0 Å². The summed E-state index contributed by atoms with van der Waals surface area (Å²) in [4.78, 5) is 25.6. The summed E-state index contributed by atoms with van der Waals surface area (Å²) >= 11 is 6.09. The van der Waals surface area contributed by atoms with Crippen molar-refractivity contribution in [3.63, 3.8) is 0 Å². The number of para-hydroxylation sites is 1. The summed E-state index contributed by atoms with van der Waals surface area (Å²) < 4.78 is 0. The Bertz CT molecular complexity index is 1150. The van der Waals surface area contributed by atoms with E-state index in [9.17, 15) is 14.9 Å². The van der Waals surface area contributed by atoms with Crippen molar-refractivity contribution in [1.82, 2.24) is 5.32 Å². The maximum Gasteiger partial charge on any atom is 0.250 e. The van der Waals surface area contributed by atoms with Gasteiger partial charge in [0.05, 0.1) is 12.0 Å². The molecular weight excluding hydrogens is 414 g/mol. The quantitative estimate of drug-likeness (QED) is 0.478. The van der Waals surface area contributed by atoms with Crippen LogP contribution < -0.4 is 10.6 Å². The Hall–Kier alpha value is -3.22. The number of carbonyl (C=O) groups excluding carboxylic acids is 1. The number of hydrogen-bond acceptors (Lipinski definition) is 4. The molecule has 156 valence electrons. The Balaban J connectivity index is 1.69. The zero-order valence-corrected chi connectivity index (χ0v) is 17.3. The molecule has 0 saturated carbocycles. The second-order valence-corrected chi connectivity index (χ2v) is 8.49. The van der Waals surface area contributed by atoms with Gasteiger partial charge in [-0.1, -0.05) is 72.3 Å². The van der Waals surface area contributed by atoms with E-state index in [1.807, 2.05) is 54.6 Å². The van der Waals surface area contributed by atoms with E-state index < -0.39 is 23.5 Å². The van der Waals surface area contributed by atoms with Gasteiger partial charge in [0.15, 0.2) is 0 Å². The first-order valence-corrected chi connectivity index (χ1v) is 10.5. The Labute approximate surface area is 184 Å².